The highest BCUT2D eigenvalue weighted by Gasteiger charge is 2.05. The van der Waals surface area contributed by atoms with Crippen LogP contribution in [0.5, 0.6) is 5.75 Å². The van der Waals surface area contributed by atoms with E-state index in [1.54, 1.807) is 0 Å². The molecule has 0 aliphatic rings. The van der Waals surface area contributed by atoms with E-state index in [9.17, 15) is 4.79 Å². The van der Waals surface area contributed by atoms with Crippen molar-refractivity contribution in [2.45, 2.75) is 0 Å². The van der Waals surface area contributed by atoms with Gasteiger partial charge in [-0.15, -0.1) is 0 Å². The van der Waals surface area contributed by atoms with E-state index in [4.69, 9.17) is 4.74 Å². The highest BCUT2D eigenvalue weighted by Crippen LogP contribution is 2.16. The van der Waals surface area contributed by atoms with Gasteiger partial charge in [-0.3, -0.25) is 4.79 Å². The van der Waals surface area contributed by atoms with Crippen molar-refractivity contribution in [1.29, 1.82) is 0 Å². The SMILES string of the molecule is O=C(COc1ccccc1)Nc1ccccc1I. The Hall–Kier alpha value is -1.56. The molecule has 0 saturated heterocycles. The molecule has 0 saturated carbocycles. The first-order valence-corrected chi connectivity index (χ1v) is 6.56. The molecule has 0 heterocycles. The molecule has 92 valence electrons. The molecule has 1 amide bonds. The second-order valence-corrected chi connectivity index (χ2v) is 4.79. The Morgan fingerprint density at radius 2 is 1.72 bits per heavy atom. The normalized spacial score (nSPS) is 9.83. The number of amides is 1. The molecule has 0 bridgehead atoms. The number of rotatable bonds is 4. The third kappa shape index (κ3) is 3.73. The highest BCUT2D eigenvalue weighted by atomic mass is 127. The van der Waals surface area contributed by atoms with E-state index in [-0.39, 0.29) is 12.5 Å². The van der Waals surface area contributed by atoms with Gasteiger partial charge in [-0.25, -0.2) is 0 Å². The van der Waals surface area contributed by atoms with E-state index in [1.165, 1.54) is 0 Å². The zero-order valence-electron chi connectivity index (χ0n) is 9.60. The van der Waals surface area contributed by atoms with Crippen molar-refractivity contribution in [1.82, 2.24) is 0 Å². The van der Waals surface area contributed by atoms with Crippen LogP contribution in [0.15, 0.2) is 54.6 Å². The number of carbonyl (C=O) groups is 1. The molecule has 0 radical (unpaired) electrons. The van der Waals surface area contributed by atoms with Crippen LogP contribution in [-0.2, 0) is 4.79 Å². The molecule has 4 heteroatoms. The predicted molar refractivity (Wildman–Crippen MR) is 79.7 cm³/mol. The molecule has 0 aliphatic carbocycles. The Morgan fingerprint density at radius 3 is 2.44 bits per heavy atom. The minimum atomic E-state index is -0.164. The fourth-order valence-corrected chi connectivity index (χ4v) is 1.94. The number of anilines is 1. The molecule has 0 spiro atoms. The number of halogens is 1. The topological polar surface area (TPSA) is 38.3 Å². The van der Waals surface area contributed by atoms with Gasteiger partial charge in [-0.05, 0) is 46.9 Å². The number of hydrogen-bond acceptors (Lipinski definition) is 2. The highest BCUT2D eigenvalue weighted by molar-refractivity contribution is 14.1. The van der Waals surface area contributed by atoms with Crippen LogP contribution in [0.4, 0.5) is 5.69 Å². The summed E-state index contributed by atoms with van der Waals surface area (Å²) in [4.78, 5) is 11.7. The first-order valence-electron chi connectivity index (χ1n) is 5.48. The van der Waals surface area contributed by atoms with Crippen molar-refractivity contribution in [3.8, 4) is 5.75 Å². The number of ether oxygens (including phenoxy) is 1. The van der Waals surface area contributed by atoms with Crippen LogP contribution in [0, 0.1) is 3.57 Å². The summed E-state index contributed by atoms with van der Waals surface area (Å²) in [6, 6.07) is 16.9. The summed E-state index contributed by atoms with van der Waals surface area (Å²) in [6.45, 7) is 0.00892. The number of nitrogens with one attached hydrogen (secondary N) is 1. The third-order valence-electron chi connectivity index (χ3n) is 2.26. The summed E-state index contributed by atoms with van der Waals surface area (Å²) in [5.74, 6) is 0.526. The van der Waals surface area contributed by atoms with Crippen molar-refractivity contribution in [3.05, 3.63) is 58.2 Å². The Balaban J connectivity index is 1.88. The van der Waals surface area contributed by atoms with Crippen molar-refractivity contribution in [3.63, 3.8) is 0 Å². The van der Waals surface area contributed by atoms with Crippen molar-refractivity contribution >= 4 is 34.2 Å². The summed E-state index contributed by atoms with van der Waals surface area (Å²) in [7, 11) is 0. The summed E-state index contributed by atoms with van der Waals surface area (Å²) in [5, 5.41) is 2.81. The van der Waals surface area contributed by atoms with E-state index >= 15 is 0 Å². The van der Waals surface area contributed by atoms with Gasteiger partial charge in [0.25, 0.3) is 5.91 Å². The Kier molecular flexibility index (Phi) is 4.58. The number of carbonyl (C=O) groups excluding carboxylic acids is 1. The van der Waals surface area contributed by atoms with Gasteiger partial charge in [0.1, 0.15) is 5.75 Å². The fourth-order valence-electron chi connectivity index (χ4n) is 1.41. The lowest BCUT2D eigenvalue weighted by atomic mass is 10.3. The van der Waals surface area contributed by atoms with Crippen LogP contribution in [0.1, 0.15) is 0 Å². The lowest BCUT2D eigenvalue weighted by Gasteiger charge is -2.08. The molecule has 1 N–H and O–H groups in total. The van der Waals surface area contributed by atoms with Gasteiger partial charge in [-0.2, -0.15) is 0 Å². The maximum atomic E-state index is 11.7. The summed E-state index contributed by atoms with van der Waals surface area (Å²) in [6.07, 6.45) is 0. The van der Waals surface area contributed by atoms with E-state index in [2.05, 4.69) is 27.9 Å². The monoisotopic (exact) mass is 353 g/mol. The van der Waals surface area contributed by atoms with Crippen LogP contribution in [0.2, 0.25) is 0 Å². The number of benzene rings is 2. The Morgan fingerprint density at radius 1 is 1.06 bits per heavy atom. The van der Waals surface area contributed by atoms with Crippen molar-refractivity contribution < 1.29 is 9.53 Å². The molecule has 2 rings (SSSR count). The van der Waals surface area contributed by atoms with Gasteiger partial charge in [0.05, 0.1) is 5.69 Å². The van der Waals surface area contributed by atoms with Gasteiger partial charge < -0.3 is 10.1 Å². The van der Waals surface area contributed by atoms with Crippen LogP contribution < -0.4 is 10.1 Å². The molecule has 0 aliphatic heterocycles. The maximum Gasteiger partial charge on any atom is 0.262 e. The second kappa shape index (κ2) is 6.39. The molecule has 0 aromatic heterocycles. The largest absolute Gasteiger partial charge is 0.484 e. The molecule has 0 unspecified atom stereocenters. The summed E-state index contributed by atoms with van der Waals surface area (Å²) in [5.41, 5.74) is 0.805. The van der Waals surface area contributed by atoms with Gasteiger partial charge in [0, 0.05) is 3.57 Å². The Labute approximate surface area is 119 Å². The minimum absolute atomic E-state index is 0.00892. The van der Waals surface area contributed by atoms with Crippen molar-refractivity contribution in [2.24, 2.45) is 0 Å². The summed E-state index contributed by atoms with van der Waals surface area (Å²) >= 11 is 2.18. The zero-order valence-corrected chi connectivity index (χ0v) is 11.8. The molecule has 18 heavy (non-hydrogen) atoms. The summed E-state index contributed by atoms with van der Waals surface area (Å²) < 4.78 is 6.37. The predicted octanol–water partition coefficient (Wildman–Crippen LogP) is 3.31. The van der Waals surface area contributed by atoms with E-state index < -0.39 is 0 Å². The van der Waals surface area contributed by atoms with Crippen molar-refractivity contribution in [2.75, 3.05) is 11.9 Å². The number of para-hydroxylation sites is 2. The molecule has 2 aromatic carbocycles. The first-order chi connectivity index (χ1) is 8.75. The van der Waals surface area contributed by atoms with Crippen LogP contribution in [-0.4, -0.2) is 12.5 Å². The second-order valence-electron chi connectivity index (χ2n) is 3.63. The van der Waals surface area contributed by atoms with E-state index in [0.717, 1.165) is 9.26 Å². The molecule has 3 nitrogen and oxygen atoms in total. The molecular formula is C14H12INO2. The molecule has 0 fully saturated rings. The third-order valence-corrected chi connectivity index (χ3v) is 3.20. The maximum absolute atomic E-state index is 11.7. The Bertz CT molecular complexity index is 528. The van der Waals surface area contributed by atoms with E-state index in [1.807, 2.05) is 54.6 Å². The minimum Gasteiger partial charge on any atom is -0.484 e. The average Bonchev–Trinajstić information content (AvgIpc) is 2.40. The average molecular weight is 353 g/mol. The lowest BCUT2D eigenvalue weighted by Crippen LogP contribution is -2.20. The quantitative estimate of drug-likeness (QED) is 0.857. The van der Waals surface area contributed by atoms with Gasteiger partial charge in [-0.1, -0.05) is 30.3 Å². The molecule has 0 atom stereocenters. The van der Waals surface area contributed by atoms with Gasteiger partial charge in [0.2, 0.25) is 0 Å². The number of hydrogen-bond donors (Lipinski definition) is 1. The van der Waals surface area contributed by atoms with Gasteiger partial charge >= 0.3 is 0 Å². The molecule has 2 aromatic rings. The smallest absolute Gasteiger partial charge is 0.262 e. The standard InChI is InChI=1S/C14H12INO2/c15-12-8-4-5-9-13(12)16-14(17)10-18-11-6-2-1-3-7-11/h1-9H,10H2,(H,16,17). The van der Waals surface area contributed by atoms with Gasteiger partial charge in [0.15, 0.2) is 6.61 Å². The van der Waals surface area contributed by atoms with Crippen LogP contribution >= 0.6 is 22.6 Å². The lowest BCUT2D eigenvalue weighted by molar-refractivity contribution is -0.118. The van der Waals surface area contributed by atoms with Crippen LogP contribution in [0.3, 0.4) is 0 Å². The van der Waals surface area contributed by atoms with Crippen LogP contribution in [0.25, 0.3) is 0 Å². The first kappa shape index (κ1) is 12.9. The molecular weight excluding hydrogens is 341 g/mol. The fraction of sp³-hybridized carbons (Fsp3) is 0.0714. The van der Waals surface area contributed by atoms with E-state index in [0.29, 0.717) is 5.75 Å². The zero-order chi connectivity index (χ0) is 12.8.